The molecule has 2 aromatic heterocycles. The summed E-state index contributed by atoms with van der Waals surface area (Å²) < 4.78 is 29.9. The second kappa shape index (κ2) is 6.39. The summed E-state index contributed by atoms with van der Waals surface area (Å²) in [5.41, 5.74) is 1.02. The van der Waals surface area contributed by atoms with E-state index in [1.54, 1.807) is 28.7 Å². The van der Waals surface area contributed by atoms with Crippen LogP contribution in [-0.2, 0) is 29.7 Å². The number of nitrogens with zero attached hydrogens (tertiary/aromatic N) is 5. The second-order valence-corrected chi connectivity index (χ2v) is 7.40. The van der Waals surface area contributed by atoms with Crippen molar-refractivity contribution in [3.8, 4) is 0 Å². The minimum atomic E-state index is -3.63. The minimum Gasteiger partial charge on any atom is -0.271 e. The van der Waals surface area contributed by atoms with Gasteiger partial charge in [-0.25, -0.2) is 8.42 Å². The molecular formula is C13H20ClN5O2S. The molecule has 0 aliphatic carbocycles. The summed E-state index contributed by atoms with van der Waals surface area (Å²) in [5.74, 6) is 0. The summed E-state index contributed by atoms with van der Waals surface area (Å²) in [7, 11) is -2.12. The van der Waals surface area contributed by atoms with Crippen LogP contribution in [0.4, 0.5) is 0 Å². The Kier molecular flexibility index (Phi) is 4.93. The van der Waals surface area contributed by atoms with Gasteiger partial charge in [-0.3, -0.25) is 9.36 Å². The van der Waals surface area contributed by atoms with Crippen molar-refractivity contribution in [3.63, 3.8) is 0 Å². The Bertz CT molecular complexity index is 765. The van der Waals surface area contributed by atoms with Crippen molar-refractivity contribution in [1.29, 1.82) is 0 Å². The Labute approximate surface area is 135 Å². The lowest BCUT2D eigenvalue weighted by Gasteiger charge is -2.15. The standard InChI is InChI=1S/C13H20ClN5O2S/c1-5-18-7-11(14)12(16-18)8-17(4)22(20,21)13-9-19(6-2)15-10(13)3/h7,9H,5-6,8H2,1-4H3. The fraction of sp³-hybridized carbons (Fsp3) is 0.538. The molecule has 0 amide bonds. The van der Waals surface area contributed by atoms with E-state index in [0.717, 1.165) is 0 Å². The van der Waals surface area contributed by atoms with Crippen LogP contribution in [0.25, 0.3) is 0 Å². The van der Waals surface area contributed by atoms with Crippen LogP contribution in [0.2, 0.25) is 5.02 Å². The van der Waals surface area contributed by atoms with Gasteiger partial charge in [0.05, 0.1) is 23.0 Å². The summed E-state index contributed by atoms with van der Waals surface area (Å²) >= 11 is 6.10. The van der Waals surface area contributed by atoms with Crippen molar-refractivity contribution in [2.75, 3.05) is 7.05 Å². The van der Waals surface area contributed by atoms with Crippen molar-refractivity contribution in [2.24, 2.45) is 0 Å². The van der Waals surface area contributed by atoms with E-state index < -0.39 is 10.0 Å². The highest BCUT2D eigenvalue weighted by Gasteiger charge is 2.26. The molecule has 2 rings (SSSR count). The Balaban J connectivity index is 2.28. The summed E-state index contributed by atoms with van der Waals surface area (Å²) in [6, 6.07) is 0. The molecule has 0 fully saturated rings. The third kappa shape index (κ3) is 3.18. The quantitative estimate of drug-likeness (QED) is 0.801. The molecule has 9 heteroatoms. The lowest BCUT2D eigenvalue weighted by atomic mass is 10.4. The molecule has 0 bridgehead atoms. The predicted octanol–water partition coefficient (Wildman–Crippen LogP) is 1.90. The first-order chi connectivity index (χ1) is 10.3. The number of halogens is 1. The third-order valence-corrected chi connectivity index (χ3v) is 5.62. The first kappa shape index (κ1) is 17.0. The summed E-state index contributed by atoms with van der Waals surface area (Å²) in [6.07, 6.45) is 3.24. The molecule has 0 atom stereocenters. The maximum absolute atomic E-state index is 12.7. The fourth-order valence-corrected chi connectivity index (χ4v) is 3.59. The number of rotatable bonds is 6. The molecule has 2 heterocycles. The first-order valence-electron chi connectivity index (χ1n) is 7.01. The zero-order chi connectivity index (χ0) is 16.5. The molecule has 0 aromatic carbocycles. The number of sulfonamides is 1. The lowest BCUT2D eigenvalue weighted by Crippen LogP contribution is -2.27. The molecule has 0 N–H and O–H groups in total. The highest BCUT2D eigenvalue weighted by atomic mass is 35.5. The largest absolute Gasteiger partial charge is 0.271 e. The number of aryl methyl sites for hydroxylation is 3. The van der Waals surface area contributed by atoms with Crippen LogP contribution in [0.1, 0.15) is 25.2 Å². The van der Waals surface area contributed by atoms with Gasteiger partial charge in [-0.05, 0) is 20.8 Å². The van der Waals surface area contributed by atoms with E-state index in [-0.39, 0.29) is 11.4 Å². The molecule has 0 unspecified atom stereocenters. The van der Waals surface area contributed by atoms with Gasteiger partial charge in [-0.1, -0.05) is 11.6 Å². The topological polar surface area (TPSA) is 73.0 Å². The average molecular weight is 346 g/mol. The average Bonchev–Trinajstić information content (AvgIpc) is 3.02. The van der Waals surface area contributed by atoms with E-state index in [4.69, 9.17) is 11.6 Å². The SMILES string of the molecule is CCn1cc(S(=O)(=O)N(C)Cc2nn(CC)cc2Cl)c(C)n1. The van der Waals surface area contributed by atoms with Gasteiger partial charge in [-0.15, -0.1) is 0 Å². The predicted molar refractivity (Wildman–Crippen MR) is 84.2 cm³/mol. The van der Waals surface area contributed by atoms with Gasteiger partial charge >= 0.3 is 0 Å². The van der Waals surface area contributed by atoms with E-state index in [9.17, 15) is 8.42 Å². The molecule has 122 valence electrons. The van der Waals surface area contributed by atoms with Gasteiger partial charge < -0.3 is 0 Å². The molecule has 0 saturated heterocycles. The Hall–Kier alpha value is -1.38. The van der Waals surface area contributed by atoms with Crippen LogP contribution in [0.3, 0.4) is 0 Å². The molecule has 0 spiro atoms. The van der Waals surface area contributed by atoms with Crippen LogP contribution >= 0.6 is 11.6 Å². The van der Waals surface area contributed by atoms with Gasteiger partial charge in [0.25, 0.3) is 0 Å². The van der Waals surface area contributed by atoms with Crippen molar-refractivity contribution in [2.45, 2.75) is 45.3 Å². The second-order valence-electron chi connectivity index (χ2n) is 4.97. The summed E-state index contributed by atoms with van der Waals surface area (Å²) in [6.45, 7) is 6.95. The number of hydrogen-bond donors (Lipinski definition) is 0. The zero-order valence-electron chi connectivity index (χ0n) is 13.1. The summed E-state index contributed by atoms with van der Waals surface area (Å²) in [5, 5.41) is 8.92. The maximum atomic E-state index is 12.7. The molecule has 0 radical (unpaired) electrons. The van der Waals surface area contributed by atoms with Crippen LogP contribution in [0.15, 0.2) is 17.3 Å². The maximum Gasteiger partial charge on any atom is 0.246 e. The van der Waals surface area contributed by atoms with Crippen LogP contribution in [0, 0.1) is 6.92 Å². The lowest BCUT2D eigenvalue weighted by molar-refractivity contribution is 0.458. The van der Waals surface area contributed by atoms with Crippen molar-refractivity contribution >= 4 is 21.6 Å². The molecule has 22 heavy (non-hydrogen) atoms. The summed E-state index contributed by atoms with van der Waals surface area (Å²) in [4.78, 5) is 0.211. The Morgan fingerprint density at radius 1 is 1.18 bits per heavy atom. The highest BCUT2D eigenvalue weighted by Crippen LogP contribution is 2.22. The monoisotopic (exact) mass is 345 g/mol. The van der Waals surface area contributed by atoms with Gasteiger partial charge in [0.2, 0.25) is 10.0 Å². The van der Waals surface area contributed by atoms with Gasteiger partial charge in [-0.2, -0.15) is 14.5 Å². The Morgan fingerprint density at radius 2 is 1.77 bits per heavy atom. The minimum absolute atomic E-state index is 0.116. The van der Waals surface area contributed by atoms with Gasteiger partial charge in [0.1, 0.15) is 4.90 Å². The molecule has 2 aromatic rings. The van der Waals surface area contributed by atoms with E-state index in [1.165, 1.54) is 11.4 Å². The fourth-order valence-electron chi connectivity index (χ4n) is 2.08. The highest BCUT2D eigenvalue weighted by molar-refractivity contribution is 7.89. The van der Waals surface area contributed by atoms with E-state index >= 15 is 0 Å². The molecular weight excluding hydrogens is 326 g/mol. The number of hydrogen-bond acceptors (Lipinski definition) is 4. The zero-order valence-corrected chi connectivity index (χ0v) is 14.7. The Morgan fingerprint density at radius 3 is 2.27 bits per heavy atom. The molecule has 7 nitrogen and oxygen atoms in total. The van der Waals surface area contributed by atoms with Crippen molar-refractivity contribution in [3.05, 3.63) is 28.8 Å². The molecule has 0 aliphatic rings. The normalized spacial score (nSPS) is 12.3. The van der Waals surface area contributed by atoms with Crippen molar-refractivity contribution < 1.29 is 8.42 Å². The molecule has 0 aliphatic heterocycles. The van der Waals surface area contributed by atoms with E-state index in [1.807, 2.05) is 13.8 Å². The van der Waals surface area contributed by atoms with Crippen LogP contribution in [-0.4, -0.2) is 39.3 Å². The van der Waals surface area contributed by atoms with Crippen molar-refractivity contribution in [1.82, 2.24) is 23.9 Å². The third-order valence-electron chi connectivity index (χ3n) is 3.40. The smallest absolute Gasteiger partial charge is 0.246 e. The number of aromatic nitrogens is 4. The van der Waals surface area contributed by atoms with Gasteiger partial charge in [0, 0.05) is 32.5 Å². The van der Waals surface area contributed by atoms with Gasteiger partial charge in [0.15, 0.2) is 0 Å². The van der Waals surface area contributed by atoms with Crippen LogP contribution < -0.4 is 0 Å². The van der Waals surface area contributed by atoms with E-state index in [2.05, 4.69) is 10.2 Å². The first-order valence-corrected chi connectivity index (χ1v) is 8.83. The van der Waals surface area contributed by atoms with E-state index in [0.29, 0.717) is 29.5 Å². The molecule has 0 saturated carbocycles. The van der Waals surface area contributed by atoms with Crippen LogP contribution in [0.5, 0.6) is 0 Å².